The molecular weight excluding hydrogens is 349 g/mol. The highest BCUT2D eigenvalue weighted by molar-refractivity contribution is 6.42. The van der Waals surface area contributed by atoms with Crippen LogP contribution in [-0.4, -0.2) is 73.3 Å². The first kappa shape index (κ1) is 18.8. The van der Waals surface area contributed by atoms with Crippen molar-refractivity contribution < 1.29 is 9.59 Å². The van der Waals surface area contributed by atoms with Crippen LogP contribution in [0.2, 0.25) is 10.0 Å². The molecule has 24 heavy (non-hydrogen) atoms. The Morgan fingerprint density at radius 2 is 1.79 bits per heavy atom. The SMILES string of the molecule is CN(C)C(=O)CN1CCN(C(=O)/C=C/c2ccc(Cl)c(Cl)c2)CC1. The van der Waals surface area contributed by atoms with Crippen molar-refractivity contribution in [3.8, 4) is 0 Å². The summed E-state index contributed by atoms with van der Waals surface area (Å²) >= 11 is 11.8. The van der Waals surface area contributed by atoms with Crippen LogP contribution in [0.5, 0.6) is 0 Å². The molecule has 0 spiro atoms. The molecule has 0 N–H and O–H groups in total. The molecule has 1 aromatic carbocycles. The Morgan fingerprint density at radius 1 is 1.12 bits per heavy atom. The Morgan fingerprint density at radius 3 is 2.38 bits per heavy atom. The first-order valence-corrected chi connectivity index (χ1v) is 8.47. The third kappa shape index (κ3) is 5.23. The van der Waals surface area contributed by atoms with Crippen molar-refractivity contribution in [1.29, 1.82) is 0 Å². The molecule has 1 heterocycles. The summed E-state index contributed by atoms with van der Waals surface area (Å²) in [5, 5.41) is 0.953. The number of carbonyl (C=O) groups excluding carboxylic acids is 2. The molecule has 0 unspecified atom stereocenters. The number of piperazine rings is 1. The average molecular weight is 370 g/mol. The van der Waals surface area contributed by atoms with Gasteiger partial charge in [-0.05, 0) is 23.8 Å². The lowest BCUT2D eigenvalue weighted by Gasteiger charge is -2.34. The molecule has 0 bridgehead atoms. The van der Waals surface area contributed by atoms with E-state index in [0.717, 1.165) is 5.56 Å². The maximum atomic E-state index is 12.2. The van der Waals surface area contributed by atoms with Gasteiger partial charge in [0, 0.05) is 46.4 Å². The Labute approximate surface area is 152 Å². The molecule has 0 radical (unpaired) electrons. The van der Waals surface area contributed by atoms with Gasteiger partial charge in [0.15, 0.2) is 0 Å². The number of likely N-dealkylation sites (N-methyl/N-ethyl adjacent to an activating group) is 1. The number of hydrogen-bond donors (Lipinski definition) is 0. The Kier molecular flexibility index (Phi) is 6.66. The average Bonchev–Trinajstić information content (AvgIpc) is 2.56. The van der Waals surface area contributed by atoms with Crippen molar-refractivity contribution in [2.45, 2.75) is 0 Å². The second-order valence-corrected chi connectivity index (χ2v) is 6.71. The predicted molar refractivity (Wildman–Crippen MR) is 97.2 cm³/mol. The van der Waals surface area contributed by atoms with Crippen LogP contribution in [0.15, 0.2) is 24.3 Å². The van der Waals surface area contributed by atoms with E-state index in [2.05, 4.69) is 4.90 Å². The summed E-state index contributed by atoms with van der Waals surface area (Å²) < 4.78 is 0. The van der Waals surface area contributed by atoms with Crippen LogP contribution in [0.4, 0.5) is 0 Å². The number of rotatable bonds is 4. The minimum atomic E-state index is -0.0420. The van der Waals surface area contributed by atoms with E-state index in [1.54, 1.807) is 48.2 Å². The number of hydrogen-bond acceptors (Lipinski definition) is 3. The Hall–Kier alpha value is -1.56. The van der Waals surface area contributed by atoms with Gasteiger partial charge in [0.05, 0.1) is 16.6 Å². The minimum absolute atomic E-state index is 0.0420. The van der Waals surface area contributed by atoms with Crippen LogP contribution in [-0.2, 0) is 9.59 Å². The molecular formula is C17H21Cl2N3O2. The normalized spacial score (nSPS) is 15.8. The summed E-state index contributed by atoms with van der Waals surface area (Å²) in [7, 11) is 3.49. The molecule has 7 heteroatoms. The molecule has 0 aromatic heterocycles. The molecule has 0 saturated carbocycles. The van der Waals surface area contributed by atoms with Crippen molar-refractivity contribution in [2.24, 2.45) is 0 Å². The van der Waals surface area contributed by atoms with Crippen LogP contribution in [0.25, 0.3) is 6.08 Å². The summed E-state index contributed by atoms with van der Waals surface area (Å²) in [6, 6.07) is 5.23. The third-order valence-electron chi connectivity index (χ3n) is 3.90. The Bertz CT molecular complexity index is 639. The number of nitrogens with zero attached hydrogens (tertiary/aromatic N) is 3. The van der Waals surface area contributed by atoms with E-state index < -0.39 is 0 Å². The minimum Gasteiger partial charge on any atom is -0.348 e. The predicted octanol–water partition coefficient (Wildman–Crippen LogP) is 2.24. The molecule has 1 aromatic rings. The summed E-state index contributed by atoms with van der Waals surface area (Å²) in [6.45, 7) is 3.03. The van der Waals surface area contributed by atoms with Crippen molar-refractivity contribution in [2.75, 3.05) is 46.8 Å². The topological polar surface area (TPSA) is 43.9 Å². The smallest absolute Gasteiger partial charge is 0.246 e. The lowest BCUT2D eigenvalue weighted by molar-refractivity contribution is -0.131. The van der Waals surface area contributed by atoms with Gasteiger partial charge in [0.25, 0.3) is 0 Å². The zero-order valence-corrected chi connectivity index (χ0v) is 15.3. The zero-order valence-electron chi connectivity index (χ0n) is 13.8. The fourth-order valence-electron chi connectivity index (χ4n) is 2.35. The van der Waals surface area contributed by atoms with E-state index in [1.165, 1.54) is 0 Å². The molecule has 0 aliphatic carbocycles. The Balaban J connectivity index is 1.85. The fourth-order valence-corrected chi connectivity index (χ4v) is 2.65. The molecule has 1 saturated heterocycles. The van der Waals surface area contributed by atoms with Gasteiger partial charge in [-0.1, -0.05) is 29.3 Å². The van der Waals surface area contributed by atoms with E-state index in [4.69, 9.17) is 23.2 Å². The quantitative estimate of drug-likeness (QED) is 0.764. The number of benzene rings is 1. The zero-order chi connectivity index (χ0) is 17.7. The van der Waals surface area contributed by atoms with Crippen molar-refractivity contribution in [3.05, 3.63) is 39.9 Å². The number of amides is 2. The highest BCUT2D eigenvalue weighted by Crippen LogP contribution is 2.23. The molecule has 5 nitrogen and oxygen atoms in total. The van der Waals surface area contributed by atoms with Crippen LogP contribution >= 0.6 is 23.2 Å². The van der Waals surface area contributed by atoms with Gasteiger partial charge >= 0.3 is 0 Å². The molecule has 2 amide bonds. The standard InChI is InChI=1S/C17H21Cl2N3O2/c1-20(2)17(24)12-21-7-9-22(10-8-21)16(23)6-4-13-3-5-14(18)15(19)11-13/h3-6,11H,7-10,12H2,1-2H3/b6-4+. The maximum Gasteiger partial charge on any atom is 0.246 e. The first-order chi connectivity index (χ1) is 11.4. The van der Waals surface area contributed by atoms with Crippen LogP contribution in [0.1, 0.15) is 5.56 Å². The molecule has 130 valence electrons. The largest absolute Gasteiger partial charge is 0.348 e. The van der Waals surface area contributed by atoms with Gasteiger partial charge in [0.1, 0.15) is 0 Å². The molecule has 1 aliphatic rings. The van der Waals surface area contributed by atoms with E-state index in [-0.39, 0.29) is 11.8 Å². The van der Waals surface area contributed by atoms with Crippen molar-refractivity contribution in [1.82, 2.24) is 14.7 Å². The first-order valence-electron chi connectivity index (χ1n) is 7.71. The highest BCUT2D eigenvalue weighted by Gasteiger charge is 2.21. The fraction of sp³-hybridized carbons (Fsp3) is 0.412. The second-order valence-electron chi connectivity index (χ2n) is 5.90. The van der Waals surface area contributed by atoms with Crippen LogP contribution in [0, 0.1) is 0 Å². The molecule has 1 aliphatic heterocycles. The number of halogens is 2. The summed E-state index contributed by atoms with van der Waals surface area (Å²) in [5.41, 5.74) is 0.827. The van der Waals surface area contributed by atoms with Crippen molar-refractivity contribution in [3.63, 3.8) is 0 Å². The van der Waals surface area contributed by atoms with E-state index in [0.29, 0.717) is 42.8 Å². The molecule has 1 fully saturated rings. The molecule has 2 rings (SSSR count). The monoisotopic (exact) mass is 369 g/mol. The lowest BCUT2D eigenvalue weighted by Crippen LogP contribution is -2.50. The number of carbonyl (C=O) groups is 2. The van der Waals surface area contributed by atoms with Crippen molar-refractivity contribution >= 4 is 41.1 Å². The van der Waals surface area contributed by atoms with Gasteiger partial charge in [0.2, 0.25) is 11.8 Å². The van der Waals surface area contributed by atoms with E-state index in [9.17, 15) is 9.59 Å². The summed E-state index contributed by atoms with van der Waals surface area (Å²) in [4.78, 5) is 29.4. The summed E-state index contributed by atoms with van der Waals surface area (Å²) in [6.07, 6.45) is 3.27. The second kappa shape index (κ2) is 8.51. The van der Waals surface area contributed by atoms with Gasteiger partial charge in [-0.2, -0.15) is 0 Å². The van der Waals surface area contributed by atoms with Gasteiger partial charge < -0.3 is 9.80 Å². The van der Waals surface area contributed by atoms with E-state index >= 15 is 0 Å². The summed E-state index contributed by atoms with van der Waals surface area (Å²) in [5.74, 6) is 0.0361. The van der Waals surface area contributed by atoms with Crippen LogP contribution in [0.3, 0.4) is 0 Å². The maximum absolute atomic E-state index is 12.2. The van der Waals surface area contributed by atoms with E-state index in [1.807, 2.05) is 6.07 Å². The van der Waals surface area contributed by atoms with Crippen LogP contribution < -0.4 is 0 Å². The lowest BCUT2D eigenvalue weighted by atomic mass is 10.2. The third-order valence-corrected chi connectivity index (χ3v) is 4.64. The highest BCUT2D eigenvalue weighted by atomic mass is 35.5. The van der Waals surface area contributed by atoms with Gasteiger partial charge in [-0.3, -0.25) is 14.5 Å². The van der Waals surface area contributed by atoms with Gasteiger partial charge in [-0.15, -0.1) is 0 Å². The van der Waals surface area contributed by atoms with Gasteiger partial charge in [-0.25, -0.2) is 0 Å². The molecule has 0 atom stereocenters.